The second-order valence-corrected chi connectivity index (χ2v) is 11.1. The first kappa shape index (κ1) is 23.5. The van der Waals surface area contributed by atoms with Crippen LogP contribution in [0.1, 0.15) is 70.7 Å². The number of nitrogen functional groups attached to an aromatic ring is 2. The first-order valence-electron chi connectivity index (χ1n) is 12.3. The molecule has 2 aromatic heterocycles. The lowest BCUT2D eigenvalue weighted by Gasteiger charge is -2.40. The van der Waals surface area contributed by atoms with Crippen LogP contribution < -0.4 is 16.4 Å². The maximum Gasteiger partial charge on any atom is 0.161 e. The lowest BCUT2D eigenvalue weighted by Crippen LogP contribution is -2.34. The molecule has 1 aromatic carbocycles. The fourth-order valence-electron chi connectivity index (χ4n) is 5.94. The number of rotatable bonds is 2. The minimum atomic E-state index is -0.548. The zero-order chi connectivity index (χ0) is 25.8. The summed E-state index contributed by atoms with van der Waals surface area (Å²) in [5.41, 5.74) is 17.7. The number of ketones is 1. The van der Waals surface area contributed by atoms with Crippen molar-refractivity contribution in [3.05, 3.63) is 73.3 Å². The Morgan fingerprint density at radius 2 is 1.84 bits per heavy atom. The highest BCUT2D eigenvalue weighted by Gasteiger charge is 2.43. The fraction of sp³-hybridized carbons (Fsp3) is 0.286. The molecule has 1 atom stereocenters. The lowest BCUT2D eigenvalue weighted by molar-refractivity contribution is -0.116. The average molecular weight is 527 g/mol. The maximum atomic E-state index is 13.6. The van der Waals surface area contributed by atoms with Crippen molar-refractivity contribution in [3.63, 3.8) is 0 Å². The van der Waals surface area contributed by atoms with Crippen molar-refractivity contribution in [2.24, 2.45) is 0 Å². The number of Topliss-reactive ketones (excluding diaryl/α,β-unsaturated/α-hetero) is 1. The number of carbonyl (C=O) groups excluding carboxylic acids is 1. The van der Waals surface area contributed by atoms with Gasteiger partial charge in [0.05, 0.1) is 11.3 Å². The molecule has 7 nitrogen and oxygen atoms in total. The van der Waals surface area contributed by atoms with E-state index in [9.17, 15) is 15.3 Å². The summed E-state index contributed by atoms with van der Waals surface area (Å²) < 4.78 is 0. The molecule has 37 heavy (non-hydrogen) atoms. The van der Waals surface area contributed by atoms with E-state index in [4.69, 9.17) is 28.1 Å². The maximum absolute atomic E-state index is 13.6. The van der Waals surface area contributed by atoms with E-state index in [0.717, 1.165) is 47.5 Å². The zero-order valence-electron chi connectivity index (χ0n) is 20.0. The van der Waals surface area contributed by atoms with Crippen molar-refractivity contribution < 1.29 is 4.79 Å². The van der Waals surface area contributed by atoms with E-state index >= 15 is 0 Å². The third kappa shape index (κ3) is 3.52. The monoisotopic (exact) mass is 526 g/mol. The number of allylic oxidation sites excluding steroid dienone is 2. The topological polar surface area (TPSA) is 133 Å². The summed E-state index contributed by atoms with van der Waals surface area (Å²) in [6, 6.07) is 11.9. The van der Waals surface area contributed by atoms with Crippen molar-refractivity contribution in [1.82, 2.24) is 4.98 Å². The first-order chi connectivity index (χ1) is 17.9. The van der Waals surface area contributed by atoms with Crippen molar-refractivity contribution >= 4 is 51.0 Å². The number of hydrogen-bond acceptors (Lipinski definition) is 8. The average Bonchev–Trinajstić information content (AvgIpc) is 3.26. The van der Waals surface area contributed by atoms with Crippen LogP contribution in [0, 0.1) is 22.7 Å². The number of thiophene rings is 1. The van der Waals surface area contributed by atoms with Gasteiger partial charge in [0.2, 0.25) is 0 Å². The van der Waals surface area contributed by atoms with E-state index in [1.165, 1.54) is 4.88 Å². The van der Waals surface area contributed by atoms with Gasteiger partial charge in [0.15, 0.2) is 5.78 Å². The van der Waals surface area contributed by atoms with E-state index in [-0.39, 0.29) is 22.9 Å². The van der Waals surface area contributed by atoms with Crippen molar-refractivity contribution in [1.29, 1.82) is 10.5 Å². The molecule has 0 saturated carbocycles. The van der Waals surface area contributed by atoms with E-state index in [0.29, 0.717) is 46.8 Å². The van der Waals surface area contributed by atoms with Gasteiger partial charge in [-0.05, 0) is 61.8 Å². The summed E-state index contributed by atoms with van der Waals surface area (Å²) in [5.74, 6) is -0.0216. The largest absolute Gasteiger partial charge is 0.397 e. The summed E-state index contributed by atoms with van der Waals surface area (Å²) in [6.45, 7) is 0. The minimum absolute atomic E-state index is 0.0245. The predicted molar refractivity (Wildman–Crippen MR) is 145 cm³/mol. The molecule has 3 aliphatic rings. The number of nitriles is 2. The standard InChI is InChI=1S/C28H23ClN6OS/c29-15-6-3-5-14(11-15)22-23-19(8-4-9-20(23)36)35(27-24(22)25(32)18(13-31)26(33)34-27)28-17(12-30)16-7-1-2-10-21(16)37-28/h3,5-6,11,22H,1-2,4,7-10H2,(H4,32,33,34). The number of aryl methyl sites for hydroxylation is 1. The third-order valence-corrected chi connectivity index (χ3v) is 9.04. The van der Waals surface area contributed by atoms with E-state index in [1.54, 1.807) is 17.4 Å². The number of fused-ring (bicyclic) bond motifs is 2. The molecule has 0 amide bonds. The number of nitrogens with two attached hydrogens (primary N) is 2. The number of hydrogen-bond donors (Lipinski definition) is 2. The normalized spacial score (nSPS) is 18.5. The Balaban J connectivity index is 1.73. The Bertz CT molecular complexity index is 1610. The van der Waals surface area contributed by atoms with Crippen LogP contribution in [0.5, 0.6) is 0 Å². The molecule has 0 radical (unpaired) electrons. The summed E-state index contributed by atoms with van der Waals surface area (Å²) in [6.07, 6.45) is 5.67. The van der Waals surface area contributed by atoms with Crippen molar-refractivity contribution in [2.75, 3.05) is 16.4 Å². The fourth-order valence-corrected chi connectivity index (χ4v) is 7.50. The quantitative estimate of drug-likeness (QED) is 0.426. The first-order valence-corrected chi connectivity index (χ1v) is 13.5. The van der Waals surface area contributed by atoms with Crippen LogP contribution in [0.15, 0.2) is 35.5 Å². The number of anilines is 4. The summed E-state index contributed by atoms with van der Waals surface area (Å²) in [4.78, 5) is 21.5. The van der Waals surface area contributed by atoms with Gasteiger partial charge in [0.1, 0.15) is 34.3 Å². The molecule has 0 spiro atoms. The molecule has 184 valence electrons. The van der Waals surface area contributed by atoms with Crippen LogP contribution >= 0.6 is 22.9 Å². The van der Waals surface area contributed by atoms with Crippen LogP contribution in [0.3, 0.4) is 0 Å². The molecule has 3 aromatic rings. The van der Waals surface area contributed by atoms with Crippen molar-refractivity contribution in [3.8, 4) is 12.1 Å². The number of carbonyl (C=O) groups is 1. The number of benzene rings is 1. The predicted octanol–water partition coefficient (Wildman–Crippen LogP) is 5.87. The molecule has 0 saturated heterocycles. The molecule has 0 fully saturated rings. The minimum Gasteiger partial charge on any atom is -0.397 e. The third-order valence-electron chi connectivity index (χ3n) is 7.53. The van der Waals surface area contributed by atoms with Crippen LogP contribution in [-0.4, -0.2) is 10.8 Å². The van der Waals surface area contributed by atoms with Crippen LogP contribution in [-0.2, 0) is 17.6 Å². The Hall–Kier alpha value is -3.85. The second kappa shape index (κ2) is 8.92. The van der Waals surface area contributed by atoms with Gasteiger partial charge < -0.3 is 11.5 Å². The molecule has 0 bridgehead atoms. The van der Waals surface area contributed by atoms with E-state index < -0.39 is 5.92 Å². The highest BCUT2D eigenvalue weighted by molar-refractivity contribution is 7.16. The summed E-state index contributed by atoms with van der Waals surface area (Å²) in [5, 5.41) is 21.4. The SMILES string of the molecule is N#Cc1c(N)nc2c(c1N)C(c1cccc(Cl)c1)C1=C(CCCC1=O)N2c1sc2c(c1C#N)CCCC2. The number of aromatic nitrogens is 1. The van der Waals surface area contributed by atoms with E-state index in [1.807, 2.05) is 23.1 Å². The van der Waals surface area contributed by atoms with E-state index in [2.05, 4.69) is 12.1 Å². The lowest BCUT2D eigenvalue weighted by atomic mass is 9.74. The number of nitrogens with zero attached hydrogens (tertiary/aromatic N) is 4. The second-order valence-electron chi connectivity index (χ2n) is 9.60. The van der Waals surface area contributed by atoms with Crippen LogP contribution in [0.2, 0.25) is 5.02 Å². The van der Waals surface area contributed by atoms with Gasteiger partial charge in [-0.1, -0.05) is 23.7 Å². The molecule has 6 rings (SSSR count). The molecule has 3 heterocycles. The molecule has 9 heteroatoms. The highest BCUT2D eigenvalue weighted by Crippen LogP contribution is 2.55. The molecular weight excluding hydrogens is 504 g/mol. The molecule has 1 unspecified atom stereocenters. The molecular formula is C28H23ClN6OS. The van der Waals surface area contributed by atoms with Crippen LogP contribution in [0.25, 0.3) is 0 Å². The van der Waals surface area contributed by atoms with Gasteiger partial charge in [0.25, 0.3) is 0 Å². The molecule has 2 aliphatic carbocycles. The van der Waals surface area contributed by atoms with Gasteiger partial charge in [-0.2, -0.15) is 10.5 Å². The Morgan fingerprint density at radius 1 is 1.05 bits per heavy atom. The zero-order valence-corrected chi connectivity index (χ0v) is 21.5. The number of halogens is 1. The van der Waals surface area contributed by atoms with Gasteiger partial charge >= 0.3 is 0 Å². The van der Waals surface area contributed by atoms with Crippen molar-refractivity contribution in [2.45, 2.75) is 50.9 Å². The van der Waals surface area contributed by atoms with Gasteiger partial charge in [-0.3, -0.25) is 9.69 Å². The van der Waals surface area contributed by atoms with Gasteiger partial charge in [0, 0.05) is 39.1 Å². The Labute approximate surface area is 223 Å². The summed E-state index contributed by atoms with van der Waals surface area (Å²) in [7, 11) is 0. The highest BCUT2D eigenvalue weighted by atomic mass is 35.5. The molecule has 4 N–H and O–H groups in total. The Morgan fingerprint density at radius 3 is 2.59 bits per heavy atom. The summed E-state index contributed by atoms with van der Waals surface area (Å²) >= 11 is 7.97. The van der Waals surface area contributed by atoms with Crippen LogP contribution in [0.4, 0.5) is 22.3 Å². The van der Waals surface area contributed by atoms with Gasteiger partial charge in [-0.15, -0.1) is 11.3 Å². The van der Waals surface area contributed by atoms with Gasteiger partial charge in [-0.25, -0.2) is 4.98 Å². The molecule has 1 aliphatic heterocycles. The number of pyridine rings is 1. The smallest absolute Gasteiger partial charge is 0.161 e. The Kier molecular flexibility index (Phi) is 5.67.